The number of hydrogen-bond acceptors (Lipinski definition) is 5. The van der Waals surface area contributed by atoms with Gasteiger partial charge in [-0.2, -0.15) is 0 Å². The highest BCUT2D eigenvalue weighted by molar-refractivity contribution is 5.95. The summed E-state index contributed by atoms with van der Waals surface area (Å²) in [5.41, 5.74) is 1.00. The third-order valence-electron chi connectivity index (χ3n) is 2.86. The number of ketones is 1. The summed E-state index contributed by atoms with van der Waals surface area (Å²) in [6.07, 6.45) is -0.229. The van der Waals surface area contributed by atoms with Crippen LogP contribution in [-0.2, 0) is 25.7 Å². The summed E-state index contributed by atoms with van der Waals surface area (Å²) in [5, 5.41) is 0. The van der Waals surface area contributed by atoms with Crippen molar-refractivity contribution in [1.82, 2.24) is 0 Å². The highest BCUT2D eigenvalue weighted by atomic mass is 16.5. The molecule has 0 spiro atoms. The molecule has 5 heteroatoms. The molecule has 0 N–H and O–H groups in total. The molecule has 0 amide bonds. The lowest BCUT2D eigenvalue weighted by Gasteiger charge is -2.12. The Morgan fingerprint density at radius 1 is 1.19 bits per heavy atom. The van der Waals surface area contributed by atoms with Crippen LogP contribution >= 0.6 is 0 Å². The Hall–Kier alpha value is -1.88. The number of benzene rings is 1. The Balaban J connectivity index is 2.31. The summed E-state index contributed by atoms with van der Waals surface area (Å²) >= 11 is 0. The molecule has 0 aliphatic heterocycles. The summed E-state index contributed by atoms with van der Waals surface area (Å²) in [7, 11) is 1.61. The van der Waals surface area contributed by atoms with Gasteiger partial charge in [0.25, 0.3) is 0 Å². The van der Waals surface area contributed by atoms with E-state index in [-0.39, 0.29) is 31.3 Å². The Morgan fingerprint density at radius 2 is 1.86 bits per heavy atom. The van der Waals surface area contributed by atoms with E-state index >= 15 is 0 Å². The first-order valence-corrected chi connectivity index (χ1v) is 6.97. The van der Waals surface area contributed by atoms with Crippen LogP contribution in [-0.4, -0.2) is 31.6 Å². The van der Waals surface area contributed by atoms with Gasteiger partial charge in [-0.05, 0) is 31.5 Å². The summed E-state index contributed by atoms with van der Waals surface area (Å²) in [6.45, 7) is 4.23. The first-order valence-electron chi connectivity index (χ1n) is 6.97. The Bertz CT molecular complexity index is 452. The van der Waals surface area contributed by atoms with Gasteiger partial charge in [0.05, 0.1) is 26.4 Å². The number of Topliss-reactive ketones (excluding diaryl/α,β-unsaturated/α-hetero) is 1. The minimum Gasteiger partial charge on any atom is -0.497 e. The van der Waals surface area contributed by atoms with Crippen molar-refractivity contribution in [2.45, 2.75) is 39.4 Å². The molecule has 21 heavy (non-hydrogen) atoms. The fraction of sp³-hybridized carbons (Fsp3) is 0.500. The summed E-state index contributed by atoms with van der Waals surface area (Å²) in [4.78, 5) is 22.8. The van der Waals surface area contributed by atoms with Gasteiger partial charge in [-0.1, -0.05) is 12.1 Å². The monoisotopic (exact) mass is 294 g/mol. The van der Waals surface area contributed by atoms with Crippen LogP contribution in [0.3, 0.4) is 0 Å². The second kappa shape index (κ2) is 9.13. The van der Waals surface area contributed by atoms with Gasteiger partial charge in [0.15, 0.2) is 0 Å². The molecule has 0 saturated heterocycles. The third-order valence-corrected chi connectivity index (χ3v) is 2.86. The van der Waals surface area contributed by atoms with Crippen molar-refractivity contribution in [2.75, 3.05) is 13.7 Å². The number of rotatable bonds is 9. The van der Waals surface area contributed by atoms with Crippen LogP contribution in [0.15, 0.2) is 24.3 Å². The van der Waals surface area contributed by atoms with Gasteiger partial charge in [0.2, 0.25) is 0 Å². The smallest absolute Gasteiger partial charge is 0.313 e. The van der Waals surface area contributed by atoms with Crippen molar-refractivity contribution < 1.29 is 23.8 Å². The molecule has 1 aromatic rings. The Labute approximate surface area is 125 Å². The average molecular weight is 294 g/mol. The SMILES string of the molecule is CCOC(=O)CC(=O)CC(C)OCc1ccc(OC)cc1. The zero-order valence-electron chi connectivity index (χ0n) is 12.8. The Kier molecular flexibility index (Phi) is 7.46. The van der Waals surface area contributed by atoms with Crippen LogP contribution in [0, 0.1) is 0 Å². The van der Waals surface area contributed by atoms with E-state index in [0.29, 0.717) is 6.61 Å². The molecule has 0 saturated carbocycles. The van der Waals surface area contributed by atoms with Crippen molar-refractivity contribution in [3.63, 3.8) is 0 Å². The van der Waals surface area contributed by atoms with E-state index in [1.807, 2.05) is 31.2 Å². The van der Waals surface area contributed by atoms with Gasteiger partial charge < -0.3 is 14.2 Å². The standard InChI is InChI=1S/C16H22O5/c1-4-20-16(18)10-14(17)9-12(2)21-11-13-5-7-15(19-3)8-6-13/h5-8,12H,4,9-11H2,1-3H3. The fourth-order valence-electron chi connectivity index (χ4n) is 1.78. The average Bonchev–Trinajstić information content (AvgIpc) is 2.45. The lowest BCUT2D eigenvalue weighted by molar-refractivity contribution is -0.146. The van der Waals surface area contributed by atoms with Gasteiger partial charge >= 0.3 is 5.97 Å². The quantitative estimate of drug-likeness (QED) is 0.517. The number of methoxy groups -OCH3 is 1. The van der Waals surface area contributed by atoms with Gasteiger partial charge in [-0.25, -0.2) is 0 Å². The molecule has 0 fully saturated rings. The Morgan fingerprint density at radius 3 is 2.43 bits per heavy atom. The maximum absolute atomic E-state index is 11.6. The van der Waals surface area contributed by atoms with Gasteiger partial charge in [0.1, 0.15) is 18.0 Å². The van der Waals surface area contributed by atoms with Crippen molar-refractivity contribution in [2.24, 2.45) is 0 Å². The lowest BCUT2D eigenvalue weighted by atomic mass is 10.1. The van der Waals surface area contributed by atoms with Crippen LogP contribution in [0.2, 0.25) is 0 Å². The second-order valence-electron chi connectivity index (χ2n) is 4.69. The van der Waals surface area contributed by atoms with Crippen LogP contribution < -0.4 is 4.74 Å². The fourth-order valence-corrected chi connectivity index (χ4v) is 1.78. The third kappa shape index (κ3) is 6.90. The van der Waals surface area contributed by atoms with E-state index in [1.54, 1.807) is 14.0 Å². The molecule has 0 heterocycles. The van der Waals surface area contributed by atoms with Crippen molar-refractivity contribution >= 4 is 11.8 Å². The van der Waals surface area contributed by atoms with Crippen LogP contribution in [0.4, 0.5) is 0 Å². The van der Waals surface area contributed by atoms with Gasteiger partial charge in [-0.3, -0.25) is 9.59 Å². The molecule has 116 valence electrons. The van der Waals surface area contributed by atoms with E-state index in [2.05, 4.69) is 0 Å². The zero-order valence-corrected chi connectivity index (χ0v) is 12.8. The summed E-state index contributed by atoms with van der Waals surface area (Å²) in [5.74, 6) is 0.136. The predicted octanol–water partition coefficient (Wildman–Crippen LogP) is 2.51. The first kappa shape index (κ1) is 17.2. The molecule has 0 aliphatic carbocycles. The zero-order chi connectivity index (χ0) is 15.7. The molecule has 1 atom stereocenters. The predicted molar refractivity (Wildman–Crippen MR) is 78.1 cm³/mol. The van der Waals surface area contributed by atoms with Crippen LogP contribution in [0.25, 0.3) is 0 Å². The molecule has 0 bridgehead atoms. The van der Waals surface area contributed by atoms with E-state index < -0.39 is 5.97 Å². The number of carbonyl (C=O) groups is 2. The molecule has 0 radical (unpaired) electrons. The van der Waals surface area contributed by atoms with E-state index in [4.69, 9.17) is 14.2 Å². The van der Waals surface area contributed by atoms with E-state index in [0.717, 1.165) is 11.3 Å². The first-order chi connectivity index (χ1) is 10.0. The number of esters is 1. The highest BCUT2D eigenvalue weighted by Crippen LogP contribution is 2.13. The number of ether oxygens (including phenoxy) is 3. The second-order valence-corrected chi connectivity index (χ2v) is 4.69. The van der Waals surface area contributed by atoms with Crippen molar-refractivity contribution in [3.05, 3.63) is 29.8 Å². The molecular weight excluding hydrogens is 272 g/mol. The maximum Gasteiger partial charge on any atom is 0.313 e. The molecular formula is C16H22O5. The minimum atomic E-state index is -0.482. The van der Waals surface area contributed by atoms with E-state index in [9.17, 15) is 9.59 Å². The topological polar surface area (TPSA) is 61.8 Å². The molecule has 1 aromatic carbocycles. The molecule has 0 aliphatic rings. The van der Waals surface area contributed by atoms with Crippen LogP contribution in [0.5, 0.6) is 5.75 Å². The number of hydrogen-bond donors (Lipinski definition) is 0. The van der Waals surface area contributed by atoms with Crippen LogP contribution in [0.1, 0.15) is 32.3 Å². The lowest BCUT2D eigenvalue weighted by Crippen LogP contribution is -2.18. The molecule has 5 nitrogen and oxygen atoms in total. The summed E-state index contributed by atoms with van der Waals surface area (Å²) < 4.78 is 15.4. The van der Waals surface area contributed by atoms with E-state index in [1.165, 1.54) is 0 Å². The minimum absolute atomic E-state index is 0.171. The largest absolute Gasteiger partial charge is 0.497 e. The molecule has 1 unspecified atom stereocenters. The normalized spacial score (nSPS) is 11.8. The maximum atomic E-state index is 11.6. The van der Waals surface area contributed by atoms with Gasteiger partial charge in [0, 0.05) is 6.42 Å². The number of carbonyl (C=O) groups excluding carboxylic acids is 2. The summed E-state index contributed by atoms with van der Waals surface area (Å²) in [6, 6.07) is 7.53. The molecule has 0 aromatic heterocycles. The highest BCUT2D eigenvalue weighted by Gasteiger charge is 2.14. The van der Waals surface area contributed by atoms with Crippen molar-refractivity contribution in [3.8, 4) is 5.75 Å². The van der Waals surface area contributed by atoms with Gasteiger partial charge in [-0.15, -0.1) is 0 Å². The van der Waals surface area contributed by atoms with Crippen molar-refractivity contribution in [1.29, 1.82) is 0 Å². The molecule has 1 rings (SSSR count).